The van der Waals surface area contributed by atoms with E-state index in [1.54, 1.807) is 11.8 Å². The average Bonchev–Trinajstić information content (AvgIpc) is 2.80. The van der Waals surface area contributed by atoms with Gasteiger partial charge >= 0.3 is 0 Å². The first-order valence-electron chi connectivity index (χ1n) is 8.24. The minimum Gasteiger partial charge on any atom is -0.493 e. The summed E-state index contributed by atoms with van der Waals surface area (Å²) in [6.07, 6.45) is 0. The number of aryl methyl sites for hydroxylation is 2. The van der Waals surface area contributed by atoms with Crippen molar-refractivity contribution < 1.29 is 13.9 Å². The maximum atomic E-state index is 14.4. The van der Waals surface area contributed by atoms with Crippen LogP contribution < -0.4 is 0 Å². The Labute approximate surface area is 153 Å². The molecule has 0 saturated carbocycles. The van der Waals surface area contributed by atoms with Crippen LogP contribution in [0.3, 0.4) is 0 Å². The van der Waals surface area contributed by atoms with Crippen molar-refractivity contribution in [3.8, 4) is 5.88 Å². The minimum atomic E-state index is -0.710. The second-order valence-electron chi connectivity index (χ2n) is 6.49. The van der Waals surface area contributed by atoms with E-state index in [9.17, 15) is 13.9 Å². The zero-order valence-electron chi connectivity index (χ0n) is 14.3. The van der Waals surface area contributed by atoms with Crippen molar-refractivity contribution in [2.24, 2.45) is 10.2 Å². The van der Waals surface area contributed by atoms with Gasteiger partial charge in [0.25, 0.3) is 0 Å². The van der Waals surface area contributed by atoms with Crippen LogP contribution in [0.1, 0.15) is 17.2 Å². The second kappa shape index (κ2) is 6.39. The van der Waals surface area contributed by atoms with Crippen LogP contribution in [0.25, 0.3) is 10.9 Å². The topological polar surface area (TPSA) is 49.9 Å². The Kier molecular flexibility index (Phi) is 4.19. The van der Waals surface area contributed by atoms with Crippen molar-refractivity contribution in [1.82, 2.24) is 4.57 Å². The first-order chi connectivity index (χ1) is 12.5. The van der Waals surface area contributed by atoms with Crippen LogP contribution in [0.5, 0.6) is 5.88 Å². The molecular weight excluding hydrogens is 356 g/mol. The van der Waals surface area contributed by atoms with Gasteiger partial charge in [-0.3, -0.25) is 0 Å². The molecule has 4 nitrogen and oxygen atoms in total. The maximum Gasteiger partial charge on any atom is 0.221 e. The number of nitrogens with zero attached hydrogens (tertiary/aromatic N) is 3. The monoisotopic (exact) mass is 373 g/mol. The van der Waals surface area contributed by atoms with Gasteiger partial charge in [-0.15, -0.1) is 5.11 Å². The Morgan fingerprint density at radius 1 is 1.08 bits per heavy atom. The molecule has 2 aromatic carbocycles. The number of hydrogen-bond donors (Lipinski definition) is 1. The predicted molar refractivity (Wildman–Crippen MR) is 100.0 cm³/mol. The van der Waals surface area contributed by atoms with E-state index in [0.29, 0.717) is 5.69 Å². The Bertz CT molecular complexity index is 1040. The van der Waals surface area contributed by atoms with Crippen molar-refractivity contribution in [2.75, 3.05) is 11.5 Å². The summed E-state index contributed by atoms with van der Waals surface area (Å²) in [6.45, 7) is 3.97. The SMILES string of the molecule is Cc1ccc(N=Nc2c(O)n(C3CSC3)c3c(F)cc(F)cc23)cc1C. The molecule has 0 spiro atoms. The molecule has 4 rings (SSSR count). The molecule has 3 aromatic rings. The van der Waals surface area contributed by atoms with Crippen LogP contribution in [0.4, 0.5) is 20.2 Å². The van der Waals surface area contributed by atoms with Crippen molar-refractivity contribution >= 4 is 34.0 Å². The third-order valence-electron chi connectivity index (χ3n) is 4.71. The number of azo groups is 1. The summed E-state index contributed by atoms with van der Waals surface area (Å²) in [5, 5.41) is 19.2. The third-order valence-corrected chi connectivity index (χ3v) is 5.95. The zero-order chi connectivity index (χ0) is 18.4. The van der Waals surface area contributed by atoms with Crippen molar-refractivity contribution in [3.05, 3.63) is 53.1 Å². The van der Waals surface area contributed by atoms with Crippen molar-refractivity contribution in [3.63, 3.8) is 0 Å². The summed E-state index contributed by atoms with van der Waals surface area (Å²) in [5.41, 5.74) is 3.08. The van der Waals surface area contributed by atoms with E-state index in [0.717, 1.165) is 28.7 Å². The Morgan fingerprint density at radius 3 is 2.50 bits per heavy atom. The van der Waals surface area contributed by atoms with E-state index in [1.165, 1.54) is 10.6 Å². The first kappa shape index (κ1) is 17.0. The number of aromatic hydroxyl groups is 1. The van der Waals surface area contributed by atoms with Crippen LogP contribution in [-0.4, -0.2) is 21.2 Å². The number of hydrogen-bond acceptors (Lipinski definition) is 4. The molecule has 0 amide bonds. The number of fused-ring (bicyclic) bond motifs is 1. The molecule has 1 saturated heterocycles. The van der Waals surface area contributed by atoms with E-state index in [1.807, 2.05) is 32.0 Å². The normalized spacial score (nSPS) is 15.1. The molecular formula is C19H17F2N3OS. The van der Waals surface area contributed by atoms with E-state index in [4.69, 9.17) is 0 Å². The van der Waals surface area contributed by atoms with Gasteiger partial charge in [0.2, 0.25) is 5.88 Å². The van der Waals surface area contributed by atoms with Crippen LogP contribution >= 0.6 is 11.8 Å². The molecule has 1 fully saturated rings. The van der Waals surface area contributed by atoms with Crippen LogP contribution in [0, 0.1) is 25.5 Å². The molecule has 1 aromatic heterocycles. The maximum absolute atomic E-state index is 14.4. The molecule has 0 aliphatic carbocycles. The molecule has 134 valence electrons. The van der Waals surface area contributed by atoms with Crippen LogP contribution in [-0.2, 0) is 0 Å². The summed E-state index contributed by atoms with van der Waals surface area (Å²) in [4.78, 5) is 0. The number of aromatic nitrogens is 1. The molecule has 0 radical (unpaired) electrons. The van der Waals surface area contributed by atoms with Gasteiger partial charge in [-0.05, 0) is 43.2 Å². The van der Waals surface area contributed by atoms with Gasteiger partial charge < -0.3 is 9.67 Å². The molecule has 1 N–H and O–H groups in total. The molecule has 2 heterocycles. The van der Waals surface area contributed by atoms with Gasteiger partial charge in [0.15, 0.2) is 11.5 Å². The fourth-order valence-corrected chi connectivity index (χ4v) is 3.80. The zero-order valence-corrected chi connectivity index (χ0v) is 15.1. The van der Waals surface area contributed by atoms with Gasteiger partial charge in [-0.25, -0.2) is 8.78 Å². The lowest BCUT2D eigenvalue weighted by atomic mass is 10.1. The number of benzene rings is 2. The Morgan fingerprint density at radius 2 is 1.85 bits per heavy atom. The summed E-state index contributed by atoms with van der Waals surface area (Å²) in [6, 6.07) is 7.60. The van der Waals surface area contributed by atoms with Gasteiger partial charge in [-0.2, -0.15) is 16.9 Å². The number of thioether (sulfide) groups is 1. The smallest absolute Gasteiger partial charge is 0.221 e. The second-order valence-corrected chi connectivity index (χ2v) is 7.56. The Hall–Kier alpha value is -2.41. The lowest BCUT2D eigenvalue weighted by Gasteiger charge is -2.27. The first-order valence-corrected chi connectivity index (χ1v) is 9.40. The summed E-state index contributed by atoms with van der Waals surface area (Å²) in [7, 11) is 0. The number of rotatable bonds is 3. The fraction of sp³-hybridized carbons (Fsp3) is 0.263. The highest BCUT2D eigenvalue weighted by Crippen LogP contribution is 2.46. The van der Waals surface area contributed by atoms with Gasteiger partial charge in [-0.1, -0.05) is 6.07 Å². The summed E-state index contributed by atoms with van der Waals surface area (Å²) in [5.74, 6) is -0.0657. The molecule has 0 bridgehead atoms. The standard InChI is InChI=1S/C19H17F2N3OS/c1-10-3-4-13(5-11(10)2)22-23-17-15-6-12(20)7-16(21)18(15)24(19(17)25)14-8-26-9-14/h3-7,14,25H,8-9H2,1-2H3. The van der Waals surface area contributed by atoms with Gasteiger partial charge in [0.05, 0.1) is 17.2 Å². The molecule has 0 unspecified atom stereocenters. The van der Waals surface area contributed by atoms with Crippen LogP contribution in [0.15, 0.2) is 40.6 Å². The highest BCUT2D eigenvalue weighted by Gasteiger charge is 2.29. The van der Waals surface area contributed by atoms with Gasteiger partial charge in [0, 0.05) is 23.0 Å². The highest BCUT2D eigenvalue weighted by molar-refractivity contribution is 8.00. The van der Waals surface area contributed by atoms with Gasteiger partial charge in [0.1, 0.15) is 5.82 Å². The van der Waals surface area contributed by atoms with Crippen molar-refractivity contribution in [2.45, 2.75) is 19.9 Å². The van der Waals surface area contributed by atoms with Crippen molar-refractivity contribution in [1.29, 1.82) is 0 Å². The fourth-order valence-electron chi connectivity index (χ4n) is 3.05. The quantitative estimate of drug-likeness (QED) is 0.577. The predicted octanol–water partition coefficient (Wildman–Crippen LogP) is 5.95. The highest BCUT2D eigenvalue weighted by atomic mass is 32.2. The summed E-state index contributed by atoms with van der Waals surface area (Å²) < 4.78 is 29.7. The lowest BCUT2D eigenvalue weighted by Crippen LogP contribution is -2.22. The van der Waals surface area contributed by atoms with E-state index in [-0.39, 0.29) is 28.5 Å². The lowest BCUT2D eigenvalue weighted by molar-refractivity contribution is 0.404. The van der Waals surface area contributed by atoms with E-state index >= 15 is 0 Å². The largest absolute Gasteiger partial charge is 0.493 e. The van der Waals surface area contributed by atoms with E-state index < -0.39 is 11.6 Å². The molecule has 0 atom stereocenters. The summed E-state index contributed by atoms with van der Waals surface area (Å²) >= 11 is 1.71. The molecule has 1 aliphatic heterocycles. The van der Waals surface area contributed by atoms with Crippen LogP contribution in [0.2, 0.25) is 0 Å². The average molecular weight is 373 g/mol. The Balaban J connectivity index is 1.87. The molecule has 26 heavy (non-hydrogen) atoms. The molecule has 1 aliphatic rings. The number of halogens is 2. The van der Waals surface area contributed by atoms with E-state index in [2.05, 4.69) is 10.2 Å². The molecule has 7 heteroatoms. The third kappa shape index (κ3) is 2.76. The minimum absolute atomic E-state index is 0.0342.